The summed E-state index contributed by atoms with van der Waals surface area (Å²) in [6.45, 7) is 4.31. The minimum atomic E-state index is 0.427. The number of hydrogen-bond donors (Lipinski definition) is 1. The van der Waals surface area contributed by atoms with E-state index in [4.69, 9.17) is 11.6 Å². The highest BCUT2D eigenvalue weighted by Crippen LogP contribution is 2.28. The molecule has 2 rings (SSSR count). The number of aromatic nitrogens is 3. The summed E-state index contributed by atoms with van der Waals surface area (Å²) in [6.07, 6.45) is 4.40. The number of nitrogens with one attached hydrogen (secondary N) is 1. The van der Waals surface area contributed by atoms with Crippen LogP contribution in [0.3, 0.4) is 0 Å². The third-order valence-electron chi connectivity index (χ3n) is 2.77. The van der Waals surface area contributed by atoms with Gasteiger partial charge in [0.15, 0.2) is 0 Å². The molecule has 1 N–H and O–H groups in total. The van der Waals surface area contributed by atoms with Crippen LogP contribution in [0.25, 0.3) is 11.3 Å². The summed E-state index contributed by atoms with van der Waals surface area (Å²) in [4.78, 5) is 4.02. The first-order chi connectivity index (χ1) is 8.24. The van der Waals surface area contributed by atoms with Gasteiger partial charge < -0.3 is 0 Å². The van der Waals surface area contributed by atoms with Crippen molar-refractivity contribution in [2.45, 2.75) is 26.2 Å². The Morgan fingerprint density at radius 2 is 2.00 bits per heavy atom. The number of nitrogens with zero attached hydrogens (tertiary/aromatic N) is 2. The van der Waals surface area contributed by atoms with E-state index in [1.165, 1.54) is 11.3 Å². The van der Waals surface area contributed by atoms with Crippen LogP contribution >= 0.6 is 11.6 Å². The van der Waals surface area contributed by atoms with Crippen molar-refractivity contribution in [3.63, 3.8) is 0 Å². The van der Waals surface area contributed by atoms with Crippen LogP contribution in [0.4, 0.5) is 0 Å². The van der Waals surface area contributed by atoms with E-state index in [-0.39, 0.29) is 0 Å². The standard InChI is InChI=1S/C13H16ClN3/c1-9(2)12-11(3-6-14)13(17-16-12)10-4-7-15-8-5-10/h4-5,7-9H,3,6H2,1-2H3,(H,16,17). The topological polar surface area (TPSA) is 41.6 Å². The summed E-state index contributed by atoms with van der Waals surface area (Å²) in [5, 5.41) is 7.54. The molecule has 0 aliphatic rings. The molecule has 17 heavy (non-hydrogen) atoms. The number of halogens is 1. The number of aromatic amines is 1. The van der Waals surface area contributed by atoms with Crippen LogP contribution in [0.15, 0.2) is 24.5 Å². The van der Waals surface area contributed by atoms with Crippen molar-refractivity contribution in [3.05, 3.63) is 35.8 Å². The largest absolute Gasteiger partial charge is 0.281 e. The van der Waals surface area contributed by atoms with Crippen LogP contribution in [-0.4, -0.2) is 21.1 Å². The van der Waals surface area contributed by atoms with Crippen molar-refractivity contribution in [1.29, 1.82) is 0 Å². The second kappa shape index (κ2) is 5.32. The second-order valence-corrected chi connectivity index (χ2v) is 4.67. The highest BCUT2D eigenvalue weighted by atomic mass is 35.5. The molecule has 0 aliphatic carbocycles. The van der Waals surface area contributed by atoms with Crippen LogP contribution in [-0.2, 0) is 6.42 Å². The maximum atomic E-state index is 5.88. The first-order valence-electron chi connectivity index (χ1n) is 5.77. The fraction of sp³-hybridized carbons (Fsp3) is 0.385. The molecule has 2 aromatic heterocycles. The Bertz CT molecular complexity index is 477. The zero-order chi connectivity index (χ0) is 12.3. The molecule has 0 amide bonds. The molecule has 0 saturated heterocycles. The molecule has 90 valence electrons. The van der Waals surface area contributed by atoms with Gasteiger partial charge >= 0.3 is 0 Å². The highest BCUT2D eigenvalue weighted by molar-refractivity contribution is 6.18. The quantitative estimate of drug-likeness (QED) is 0.844. The molecule has 0 bridgehead atoms. The van der Waals surface area contributed by atoms with Crippen LogP contribution in [0.2, 0.25) is 0 Å². The molecule has 0 aliphatic heterocycles. The van der Waals surface area contributed by atoms with Crippen molar-refractivity contribution >= 4 is 11.6 Å². The van der Waals surface area contributed by atoms with E-state index in [2.05, 4.69) is 29.0 Å². The number of hydrogen-bond acceptors (Lipinski definition) is 2. The average Bonchev–Trinajstić information content (AvgIpc) is 2.75. The summed E-state index contributed by atoms with van der Waals surface area (Å²) in [5.74, 6) is 1.04. The summed E-state index contributed by atoms with van der Waals surface area (Å²) in [6, 6.07) is 3.94. The average molecular weight is 250 g/mol. The van der Waals surface area contributed by atoms with E-state index in [1.54, 1.807) is 12.4 Å². The minimum Gasteiger partial charge on any atom is -0.281 e. The van der Waals surface area contributed by atoms with Crippen molar-refractivity contribution < 1.29 is 0 Å². The predicted molar refractivity (Wildman–Crippen MR) is 70.3 cm³/mol. The molecule has 4 heteroatoms. The summed E-state index contributed by atoms with van der Waals surface area (Å²) in [5.41, 5.74) is 4.48. The maximum absolute atomic E-state index is 5.88. The lowest BCUT2D eigenvalue weighted by atomic mass is 9.99. The monoisotopic (exact) mass is 249 g/mol. The van der Waals surface area contributed by atoms with E-state index in [0.717, 1.165) is 17.7 Å². The molecular formula is C13H16ClN3. The van der Waals surface area contributed by atoms with Crippen LogP contribution < -0.4 is 0 Å². The fourth-order valence-electron chi connectivity index (χ4n) is 1.95. The van der Waals surface area contributed by atoms with Gasteiger partial charge in [-0.15, -0.1) is 11.6 Å². The van der Waals surface area contributed by atoms with Crippen molar-refractivity contribution in [1.82, 2.24) is 15.2 Å². The van der Waals surface area contributed by atoms with E-state index < -0.39 is 0 Å². The number of rotatable bonds is 4. The number of pyridine rings is 1. The molecule has 3 nitrogen and oxygen atoms in total. The summed E-state index contributed by atoms with van der Waals surface area (Å²) in [7, 11) is 0. The first kappa shape index (κ1) is 12.1. The van der Waals surface area contributed by atoms with E-state index in [1.807, 2.05) is 12.1 Å². The SMILES string of the molecule is CC(C)c1[nH]nc(-c2ccncc2)c1CCCl. The Morgan fingerprint density at radius 1 is 1.29 bits per heavy atom. The van der Waals surface area contributed by atoms with Gasteiger partial charge in [0, 0.05) is 35.1 Å². The Kier molecular flexibility index (Phi) is 3.79. The predicted octanol–water partition coefficient (Wildman–Crippen LogP) is 3.38. The van der Waals surface area contributed by atoms with E-state index in [9.17, 15) is 0 Å². The van der Waals surface area contributed by atoms with Crippen LogP contribution in [0.1, 0.15) is 31.0 Å². The Labute approximate surface area is 106 Å². The third kappa shape index (κ3) is 2.50. The third-order valence-corrected chi connectivity index (χ3v) is 2.96. The number of H-pyrrole nitrogens is 1. The van der Waals surface area contributed by atoms with Gasteiger partial charge in [-0.25, -0.2) is 0 Å². The maximum Gasteiger partial charge on any atom is 0.0957 e. The highest BCUT2D eigenvalue weighted by Gasteiger charge is 2.16. The van der Waals surface area contributed by atoms with Crippen LogP contribution in [0.5, 0.6) is 0 Å². The van der Waals surface area contributed by atoms with Crippen LogP contribution in [0, 0.1) is 0 Å². The van der Waals surface area contributed by atoms with Gasteiger partial charge in [-0.3, -0.25) is 10.1 Å². The van der Waals surface area contributed by atoms with Gasteiger partial charge in [0.05, 0.1) is 5.69 Å². The van der Waals surface area contributed by atoms with Crippen molar-refractivity contribution in [2.24, 2.45) is 0 Å². The second-order valence-electron chi connectivity index (χ2n) is 4.29. The molecule has 2 heterocycles. The lowest BCUT2D eigenvalue weighted by Gasteiger charge is -2.06. The van der Waals surface area contributed by atoms with E-state index in [0.29, 0.717) is 11.8 Å². The fourth-order valence-corrected chi connectivity index (χ4v) is 2.14. The normalized spacial score (nSPS) is 11.1. The lowest BCUT2D eigenvalue weighted by molar-refractivity contribution is 0.797. The van der Waals surface area contributed by atoms with Gasteiger partial charge in [0.2, 0.25) is 0 Å². The Balaban J connectivity index is 2.47. The first-order valence-corrected chi connectivity index (χ1v) is 6.31. The van der Waals surface area contributed by atoms with Gasteiger partial charge in [0.1, 0.15) is 0 Å². The summed E-state index contributed by atoms with van der Waals surface area (Å²) < 4.78 is 0. The van der Waals surface area contributed by atoms with Crippen molar-refractivity contribution in [2.75, 3.05) is 5.88 Å². The number of alkyl halides is 1. The molecule has 0 radical (unpaired) electrons. The molecule has 2 aromatic rings. The zero-order valence-electron chi connectivity index (χ0n) is 10.1. The molecule has 0 atom stereocenters. The van der Waals surface area contributed by atoms with E-state index >= 15 is 0 Å². The minimum absolute atomic E-state index is 0.427. The summed E-state index contributed by atoms with van der Waals surface area (Å²) >= 11 is 5.88. The molecular weight excluding hydrogens is 234 g/mol. The molecule has 0 saturated carbocycles. The zero-order valence-corrected chi connectivity index (χ0v) is 10.8. The van der Waals surface area contributed by atoms with Gasteiger partial charge in [0.25, 0.3) is 0 Å². The molecule has 0 spiro atoms. The van der Waals surface area contributed by atoms with Gasteiger partial charge in [-0.2, -0.15) is 5.10 Å². The van der Waals surface area contributed by atoms with Gasteiger partial charge in [-0.05, 0) is 24.5 Å². The molecule has 0 unspecified atom stereocenters. The lowest BCUT2D eigenvalue weighted by Crippen LogP contribution is -1.96. The smallest absolute Gasteiger partial charge is 0.0957 e. The van der Waals surface area contributed by atoms with Crippen molar-refractivity contribution in [3.8, 4) is 11.3 Å². The Morgan fingerprint density at radius 3 is 2.59 bits per heavy atom. The Hall–Kier alpha value is -1.35. The van der Waals surface area contributed by atoms with Gasteiger partial charge in [-0.1, -0.05) is 13.8 Å². The molecule has 0 fully saturated rings. The molecule has 0 aromatic carbocycles.